The summed E-state index contributed by atoms with van der Waals surface area (Å²) in [5.41, 5.74) is 1.39. The first-order valence-corrected chi connectivity index (χ1v) is 9.03. The van der Waals surface area contributed by atoms with Crippen LogP contribution in [0.4, 0.5) is 10.5 Å². The standard InChI is InChI=1S/C19H23N3O6/c1-26-17-10-12(15(22(24)25)11-18(17)27-2)6-8-20-19(23)21-14-4-3-5-16-13(14)7-9-28-16/h7,9-11,14H,3-6,8H2,1-2H3,(H2,20,21,23)/t14-/m0/s1. The van der Waals surface area contributed by atoms with Gasteiger partial charge in [0.2, 0.25) is 0 Å². The van der Waals surface area contributed by atoms with Crippen molar-refractivity contribution in [1.29, 1.82) is 0 Å². The van der Waals surface area contributed by atoms with Gasteiger partial charge in [-0.25, -0.2) is 4.79 Å². The maximum absolute atomic E-state index is 12.2. The molecule has 2 N–H and O–H groups in total. The zero-order valence-electron chi connectivity index (χ0n) is 15.8. The fourth-order valence-corrected chi connectivity index (χ4v) is 3.44. The third-order valence-electron chi connectivity index (χ3n) is 4.82. The van der Waals surface area contributed by atoms with E-state index in [2.05, 4.69) is 10.6 Å². The molecule has 1 aliphatic carbocycles. The second-order valence-corrected chi connectivity index (χ2v) is 6.49. The van der Waals surface area contributed by atoms with E-state index in [0.29, 0.717) is 11.3 Å². The molecule has 1 heterocycles. The van der Waals surface area contributed by atoms with Gasteiger partial charge in [0.1, 0.15) is 5.76 Å². The molecule has 0 spiro atoms. The first-order valence-electron chi connectivity index (χ1n) is 9.03. The second kappa shape index (κ2) is 8.64. The molecule has 150 valence electrons. The molecule has 1 atom stereocenters. The summed E-state index contributed by atoms with van der Waals surface area (Å²) >= 11 is 0. The number of carbonyl (C=O) groups is 1. The number of rotatable bonds is 7. The molecule has 0 saturated carbocycles. The zero-order valence-corrected chi connectivity index (χ0v) is 15.8. The summed E-state index contributed by atoms with van der Waals surface area (Å²) in [7, 11) is 2.89. The number of urea groups is 1. The lowest BCUT2D eigenvalue weighted by molar-refractivity contribution is -0.385. The van der Waals surface area contributed by atoms with Gasteiger partial charge in [-0.05, 0) is 31.4 Å². The van der Waals surface area contributed by atoms with Crippen LogP contribution in [-0.4, -0.2) is 31.7 Å². The molecular weight excluding hydrogens is 366 g/mol. The number of nitro groups is 1. The number of nitro benzene ring substituents is 1. The van der Waals surface area contributed by atoms with Crippen molar-refractivity contribution in [3.05, 3.63) is 51.5 Å². The van der Waals surface area contributed by atoms with Gasteiger partial charge in [-0.3, -0.25) is 10.1 Å². The van der Waals surface area contributed by atoms with Gasteiger partial charge in [0.15, 0.2) is 11.5 Å². The van der Waals surface area contributed by atoms with Crippen molar-refractivity contribution >= 4 is 11.7 Å². The number of hydrogen-bond donors (Lipinski definition) is 2. The summed E-state index contributed by atoms with van der Waals surface area (Å²) in [6.45, 7) is 0.243. The fourth-order valence-electron chi connectivity index (χ4n) is 3.44. The maximum atomic E-state index is 12.2. The monoisotopic (exact) mass is 389 g/mol. The summed E-state index contributed by atoms with van der Waals surface area (Å²) in [5, 5.41) is 17.0. The number of nitrogens with one attached hydrogen (secondary N) is 2. The maximum Gasteiger partial charge on any atom is 0.315 e. The van der Waals surface area contributed by atoms with Crippen molar-refractivity contribution in [2.75, 3.05) is 20.8 Å². The fraction of sp³-hybridized carbons (Fsp3) is 0.421. The Kier molecular flexibility index (Phi) is 6.03. The summed E-state index contributed by atoms with van der Waals surface area (Å²) < 4.78 is 15.7. The average Bonchev–Trinajstić information content (AvgIpc) is 3.17. The van der Waals surface area contributed by atoms with Gasteiger partial charge in [0, 0.05) is 24.1 Å². The number of hydrogen-bond acceptors (Lipinski definition) is 6. The lowest BCUT2D eigenvalue weighted by Crippen LogP contribution is -2.39. The first-order chi connectivity index (χ1) is 13.5. The quantitative estimate of drug-likeness (QED) is 0.555. The molecule has 9 nitrogen and oxygen atoms in total. The van der Waals surface area contributed by atoms with E-state index in [0.717, 1.165) is 30.6 Å². The van der Waals surface area contributed by atoms with Crippen LogP contribution in [-0.2, 0) is 12.8 Å². The third-order valence-corrected chi connectivity index (χ3v) is 4.82. The third kappa shape index (κ3) is 4.19. The van der Waals surface area contributed by atoms with E-state index >= 15 is 0 Å². The summed E-state index contributed by atoms with van der Waals surface area (Å²) in [5.74, 6) is 1.61. The van der Waals surface area contributed by atoms with Crippen molar-refractivity contribution in [2.45, 2.75) is 31.7 Å². The van der Waals surface area contributed by atoms with Crippen LogP contribution in [0.25, 0.3) is 0 Å². The topological polar surface area (TPSA) is 116 Å². The molecule has 1 aliphatic rings. The molecule has 3 rings (SSSR count). The largest absolute Gasteiger partial charge is 0.493 e. The number of benzene rings is 1. The van der Waals surface area contributed by atoms with E-state index in [1.165, 1.54) is 20.3 Å². The Labute approximate surface area is 162 Å². The number of amides is 2. The molecule has 28 heavy (non-hydrogen) atoms. The highest BCUT2D eigenvalue weighted by molar-refractivity contribution is 5.74. The Morgan fingerprint density at radius 3 is 2.79 bits per heavy atom. The number of furan rings is 1. The molecular formula is C19H23N3O6. The normalized spacial score (nSPS) is 15.4. The molecule has 0 bridgehead atoms. The molecule has 0 unspecified atom stereocenters. The lowest BCUT2D eigenvalue weighted by atomic mass is 9.93. The van der Waals surface area contributed by atoms with Crippen molar-refractivity contribution in [1.82, 2.24) is 10.6 Å². The molecule has 1 aromatic heterocycles. The van der Waals surface area contributed by atoms with Crippen LogP contribution >= 0.6 is 0 Å². The number of aryl methyl sites for hydroxylation is 1. The van der Waals surface area contributed by atoms with E-state index in [1.807, 2.05) is 6.07 Å². The van der Waals surface area contributed by atoms with Crippen molar-refractivity contribution < 1.29 is 23.6 Å². The van der Waals surface area contributed by atoms with Gasteiger partial charge in [-0.1, -0.05) is 0 Å². The highest BCUT2D eigenvalue weighted by Crippen LogP contribution is 2.34. The number of ether oxygens (including phenoxy) is 2. The molecule has 1 aromatic carbocycles. The first kappa shape index (κ1) is 19.5. The molecule has 0 radical (unpaired) electrons. The number of methoxy groups -OCH3 is 2. The number of fused-ring (bicyclic) bond motifs is 1. The Morgan fingerprint density at radius 2 is 2.07 bits per heavy atom. The molecule has 0 fully saturated rings. The second-order valence-electron chi connectivity index (χ2n) is 6.49. The molecule has 0 saturated heterocycles. The van der Waals surface area contributed by atoms with Crippen LogP contribution < -0.4 is 20.1 Å². The summed E-state index contributed by atoms with van der Waals surface area (Å²) in [6.07, 6.45) is 4.60. The minimum Gasteiger partial charge on any atom is -0.493 e. The van der Waals surface area contributed by atoms with Crippen LogP contribution in [0.15, 0.2) is 28.9 Å². The summed E-state index contributed by atoms with van der Waals surface area (Å²) in [6, 6.07) is 4.37. The Morgan fingerprint density at radius 1 is 1.32 bits per heavy atom. The van der Waals surface area contributed by atoms with Crippen LogP contribution in [0.3, 0.4) is 0 Å². The molecule has 2 aromatic rings. The predicted molar refractivity (Wildman–Crippen MR) is 101 cm³/mol. The minimum absolute atomic E-state index is 0.0739. The lowest BCUT2D eigenvalue weighted by Gasteiger charge is -2.22. The zero-order chi connectivity index (χ0) is 20.1. The SMILES string of the molecule is COc1cc(CCNC(=O)N[C@H]2CCCc3occc32)c([N+](=O)[O-])cc1OC. The van der Waals surface area contributed by atoms with Crippen LogP contribution in [0, 0.1) is 10.1 Å². The molecule has 9 heteroatoms. The van der Waals surface area contributed by atoms with E-state index in [-0.39, 0.29) is 36.5 Å². The smallest absolute Gasteiger partial charge is 0.315 e. The molecule has 2 amide bonds. The van der Waals surface area contributed by atoms with Gasteiger partial charge >= 0.3 is 6.03 Å². The van der Waals surface area contributed by atoms with E-state index in [1.54, 1.807) is 12.3 Å². The van der Waals surface area contributed by atoms with Gasteiger partial charge in [0.25, 0.3) is 5.69 Å². The van der Waals surface area contributed by atoms with Crippen molar-refractivity contribution in [3.8, 4) is 11.5 Å². The van der Waals surface area contributed by atoms with Crippen LogP contribution in [0.1, 0.15) is 35.8 Å². The average molecular weight is 389 g/mol. The summed E-state index contributed by atoms with van der Waals surface area (Å²) in [4.78, 5) is 23.1. The van der Waals surface area contributed by atoms with Crippen LogP contribution in [0.2, 0.25) is 0 Å². The number of nitrogens with zero attached hydrogens (tertiary/aromatic N) is 1. The van der Waals surface area contributed by atoms with Crippen molar-refractivity contribution in [2.24, 2.45) is 0 Å². The highest BCUT2D eigenvalue weighted by atomic mass is 16.6. The van der Waals surface area contributed by atoms with Crippen LogP contribution in [0.5, 0.6) is 11.5 Å². The predicted octanol–water partition coefficient (Wildman–Crippen LogP) is 3.12. The highest BCUT2D eigenvalue weighted by Gasteiger charge is 2.24. The van der Waals surface area contributed by atoms with Gasteiger partial charge in [-0.2, -0.15) is 0 Å². The van der Waals surface area contributed by atoms with E-state index < -0.39 is 4.92 Å². The minimum atomic E-state index is -0.472. The Balaban J connectivity index is 1.60. The van der Waals surface area contributed by atoms with Gasteiger partial charge in [-0.15, -0.1) is 0 Å². The van der Waals surface area contributed by atoms with E-state index in [9.17, 15) is 14.9 Å². The van der Waals surface area contributed by atoms with Gasteiger partial charge in [0.05, 0.1) is 37.5 Å². The Bertz CT molecular complexity index is 863. The van der Waals surface area contributed by atoms with Crippen molar-refractivity contribution in [3.63, 3.8) is 0 Å². The van der Waals surface area contributed by atoms with Gasteiger partial charge < -0.3 is 24.5 Å². The number of carbonyl (C=O) groups excluding carboxylic acids is 1. The van der Waals surface area contributed by atoms with E-state index in [4.69, 9.17) is 13.9 Å². The molecule has 0 aliphatic heterocycles. The Hall–Kier alpha value is -3.23.